The second kappa shape index (κ2) is 10.2. The summed E-state index contributed by atoms with van der Waals surface area (Å²) in [5.74, 6) is -0.393. The Kier molecular flexibility index (Phi) is 7.36. The molecule has 2 aromatic carbocycles. The molecule has 1 unspecified atom stereocenters. The van der Waals surface area contributed by atoms with Crippen LogP contribution in [0.2, 0.25) is 0 Å². The average molecular weight is 426 g/mol. The molecule has 8 heteroatoms. The van der Waals surface area contributed by atoms with E-state index in [1.807, 2.05) is 31.1 Å². The smallest absolute Gasteiger partial charge is 0.318 e. The summed E-state index contributed by atoms with van der Waals surface area (Å²) >= 11 is 0. The number of fused-ring (bicyclic) bond motifs is 1. The molecule has 1 heterocycles. The molecule has 0 aliphatic rings. The largest absolute Gasteiger partial charge is 0.463 e. The maximum Gasteiger partial charge on any atom is 0.318 e. The van der Waals surface area contributed by atoms with Crippen molar-refractivity contribution < 1.29 is 13.9 Å². The van der Waals surface area contributed by atoms with Crippen LogP contribution in [0.15, 0.2) is 42.5 Å². The van der Waals surface area contributed by atoms with Gasteiger partial charge >= 0.3 is 6.01 Å². The van der Waals surface area contributed by atoms with Crippen LogP contribution in [-0.2, 0) is 0 Å². The van der Waals surface area contributed by atoms with Crippen molar-refractivity contribution in [3.8, 4) is 6.01 Å². The van der Waals surface area contributed by atoms with Crippen molar-refractivity contribution in [2.24, 2.45) is 5.73 Å². The zero-order valence-electron chi connectivity index (χ0n) is 18.1. The lowest BCUT2D eigenvalue weighted by Gasteiger charge is -2.24. The van der Waals surface area contributed by atoms with Gasteiger partial charge in [0, 0.05) is 11.9 Å². The van der Waals surface area contributed by atoms with Gasteiger partial charge in [-0.2, -0.15) is 9.97 Å². The number of para-hydroxylation sites is 1. The fourth-order valence-corrected chi connectivity index (χ4v) is 3.30. The minimum atomic E-state index is -0.579. The van der Waals surface area contributed by atoms with Gasteiger partial charge in [-0.3, -0.25) is 4.79 Å². The van der Waals surface area contributed by atoms with Gasteiger partial charge < -0.3 is 20.7 Å². The number of primary amides is 1. The van der Waals surface area contributed by atoms with Gasteiger partial charge in [0.25, 0.3) is 5.91 Å². The van der Waals surface area contributed by atoms with E-state index in [2.05, 4.69) is 22.2 Å². The number of nitrogens with two attached hydrogens (primary N) is 1. The number of likely N-dealkylation sites (N-methyl/N-ethyl adjacent to an activating group) is 1. The molecule has 0 bridgehead atoms. The van der Waals surface area contributed by atoms with Crippen molar-refractivity contribution in [1.82, 2.24) is 14.9 Å². The molecule has 0 saturated heterocycles. The van der Waals surface area contributed by atoms with E-state index < -0.39 is 5.91 Å². The summed E-state index contributed by atoms with van der Waals surface area (Å²) in [6, 6.07) is 11.5. The van der Waals surface area contributed by atoms with Gasteiger partial charge in [-0.25, -0.2) is 4.39 Å². The molecule has 164 valence electrons. The van der Waals surface area contributed by atoms with E-state index in [4.69, 9.17) is 10.5 Å². The molecule has 7 nitrogen and oxygen atoms in total. The van der Waals surface area contributed by atoms with Gasteiger partial charge in [0.2, 0.25) is 0 Å². The summed E-state index contributed by atoms with van der Waals surface area (Å²) < 4.78 is 19.6. The number of hydrogen-bond donors (Lipinski definition) is 2. The molecule has 0 fully saturated rings. The van der Waals surface area contributed by atoms with E-state index in [1.165, 1.54) is 12.1 Å². The highest BCUT2D eigenvalue weighted by Crippen LogP contribution is 2.29. The third kappa shape index (κ3) is 5.67. The van der Waals surface area contributed by atoms with Gasteiger partial charge in [0.05, 0.1) is 23.7 Å². The molecule has 0 radical (unpaired) electrons. The maximum absolute atomic E-state index is 13.9. The second-order valence-corrected chi connectivity index (χ2v) is 7.64. The SMILES string of the molecule is CCCCOc1nc(NC(CN(C)C)c2cccc(F)c2)c2cccc(C(N)=O)c2n1. The van der Waals surface area contributed by atoms with Gasteiger partial charge in [0.15, 0.2) is 0 Å². The Bertz CT molecular complexity index is 1060. The fourth-order valence-electron chi connectivity index (χ4n) is 3.30. The van der Waals surface area contributed by atoms with E-state index in [0.29, 0.717) is 35.4 Å². The summed E-state index contributed by atoms with van der Waals surface area (Å²) in [6.07, 6.45) is 1.82. The number of benzene rings is 2. The van der Waals surface area contributed by atoms with Crippen LogP contribution >= 0.6 is 0 Å². The van der Waals surface area contributed by atoms with Crippen LogP contribution < -0.4 is 15.8 Å². The van der Waals surface area contributed by atoms with E-state index in [9.17, 15) is 9.18 Å². The minimum absolute atomic E-state index is 0.167. The number of hydrogen-bond acceptors (Lipinski definition) is 6. The Morgan fingerprint density at radius 3 is 2.68 bits per heavy atom. The Morgan fingerprint density at radius 2 is 2.00 bits per heavy atom. The van der Waals surface area contributed by atoms with Crippen molar-refractivity contribution in [3.63, 3.8) is 0 Å². The summed E-state index contributed by atoms with van der Waals surface area (Å²) in [6.45, 7) is 3.12. The zero-order valence-corrected chi connectivity index (χ0v) is 18.1. The number of unbranched alkanes of at least 4 members (excludes halogenated alkanes) is 1. The lowest BCUT2D eigenvalue weighted by atomic mass is 10.1. The van der Waals surface area contributed by atoms with E-state index in [0.717, 1.165) is 18.4 Å². The molecule has 31 heavy (non-hydrogen) atoms. The molecule has 1 aromatic heterocycles. The number of carbonyl (C=O) groups is 1. The Hall–Kier alpha value is -3.26. The van der Waals surface area contributed by atoms with Crippen LogP contribution in [0, 0.1) is 5.82 Å². The molecular weight excluding hydrogens is 397 g/mol. The quantitative estimate of drug-likeness (QED) is 0.481. The third-order valence-electron chi connectivity index (χ3n) is 4.81. The predicted molar refractivity (Wildman–Crippen MR) is 120 cm³/mol. The molecule has 3 aromatic rings. The predicted octanol–water partition coefficient (Wildman–Crippen LogP) is 3.76. The van der Waals surface area contributed by atoms with Crippen molar-refractivity contribution >= 4 is 22.6 Å². The van der Waals surface area contributed by atoms with Gasteiger partial charge in [-0.15, -0.1) is 0 Å². The normalized spacial score (nSPS) is 12.2. The molecule has 1 atom stereocenters. The first-order chi connectivity index (χ1) is 14.9. The molecule has 0 spiro atoms. The lowest BCUT2D eigenvalue weighted by Crippen LogP contribution is -2.26. The second-order valence-electron chi connectivity index (χ2n) is 7.64. The summed E-state index contributed by atoms with van der Waals surface area (Å²) in [7, 11) is 3.88. The Labute approximate surface area is 181 Å². The van der Waals surface area contributed by atoms with Crippen molar-refractivity contribution in [1.29, 1.82) is 0 Å². The number of ether oxygens (including phenoxy) is 1. The van der Waals surface area contributed by atoms with Crippen molar-refractivity contribution in [3.05, 3.63) is 59.4 Å². The average Bonchev–Trinajstić information content (AvgIpc) is 2.72. The van der Waals surface area contributed by atoms with Gasteiger partial charge in [-0.1, -0.05) is 31.5 Å². The number of nitrogens with one attached hydrogen (secondary N) is 1. The first-order valence-corrected chi connectivity index (χ1v) is 10.3. The third-order valence-corrected chi connectivity index (χ3v) is 4.81. The fraction of sp³-hybridized carbons (Fsp3) is 0.348. The highest BCUT2D eigenvalue weighted by Gasteiger charge is 2.19. The van der Waals surface area contributed by atoms with Crippen LogP contribution in [0.3, 0.4) is 0 Å². The van der Waals surface area contributed by atoms with Crippen LogP contribution in [0.1, 0.15) is 41.7 Å². The first-order valence-electron chi connectivity index (χ1n) is 10.3. The number of amides is 1. The molecule has 0 aliphatic carbocycles. The Balaban J connectivity index is 2.08. The molecule has 3 N–H and O–H groups in total. The topological polar surface area (TPSA) is 93.4 Å². The number of halogens is 1. The number of carbonyl (C=O) groups excluding carboxylic acids is 1. The summed E-state index contributed by atoms with van der Waals surface area (Å²) in [5.41, 5.74) is 7.05. The van der Waals surface area contributed by atoms with E-state index in [1.54, 1.807) is 18.2 Å². The molecule has 0 aliphatic heterocycles. The van der Waals surface area contributed by atoms with Crippen LogP contribution in [0.5, 0.6) is 6.01 Å². The monoisotopic (exact) mass is 425 g/mol. The summed E-state index contributed by atoms with van der Waals surface area (Å²) in [5, 5.41) is 4.04. The van der Waals surface area contributed by atoms with E-state index >= 15 is 0 Å². The Morgan fingerprint density at radius 1 is 1.23 bits per heavy atom. The highest BCUT2D eigenvalue weighted by molar-refractivity contribution is 6.07. The van der Waals surface area contributed by atoms with Gasteiger partial charge in [0.1, 0.15) is 11.6 Å². The first kappa shape index (κ1) is 22.4. The molecular formula is C23H28FN5O2. The van der Waals surface area contributed by atoms with Crippen molar-refractivity contribution in [2.75, 3.05) is 32.6 Å². The summed E-state index contributed by atoms with van der Waals surface area (Å²) in [4.78, 5) is 23.0. The number of anilines is 1. The van der Waals surface area contributed by atoms with Crippen molar-refractivity contribution in [2.45, 2.75) is 25.8 Å². The molecule has 0 saturated carbocycles. The minimum Gasteiger partial charge on any atom is -0.463 e. The highest BCUT2D eigenvalue weighted by atomic mass is 19.1. The van der Waals surface area contributed by atoms with Crippen LogP contribution in [0.25, 0.3) is 10.9 Å². The standard InChI is InChI=1S/C23H28FN5O2/c1-4-5-12-31-23-27-20-17(21(25)30)10-7-11-18(20)22(28-23)26-19(14-29(2)3)15-8-6-9-16(24)13-15/h6-11,13,19H,4-5,12,14H2,1-3H3,(H2,25,30)(H,26,27,28). The van der Waals surface area contributed by atoms with Crippen LogP contribution in [0.4, 0.5) is 10.2 Å². The van der Waals surface area contributed by atoms with Gasteiger partial charge in [-0.05, 0) is 50.3 Å². The lowest BCUT2D eigenvalue weighted by molar-refractivity contribution is 0.100. The van der Waals surface area contributed by atoms with Crippen LogP contribution in [-0.4, -0.2) is 48.0 Å². The molecule has 3 rings (SSSR count). The maximum atomic E-state index is 13.9. The number of nitrogens with zero attached hydrogens (tertiary/aromatic N) is 3. The van der Waals surface area contributed by atoms with E-state index in [-0.39, 0.29) is 17.9 Å². The zero-order chi connectivity index (χ0) is 22.4. The number of aromatic nitrogens is 2. The molecule has 1 amide bonds. The number of rotatable bonds is 10.